The summed E-state index contributed by atoms with van der Waals surface area (Å²) >= 11 is 1.42. The van der Waals surface area contributed by atoms with E-state index in [1.807, 2.05) is 36.4 Å². The number of hydrogen-bond donors (Lipinski definition) is 2. The molecule has 0 aromatic heterocycles. The minimum absolute atomic E-state index is 0.00350. The van der Waals surface area contributed by atoms with E-state index in [-0.39, 0.29) is 31.3 Å². The van der Waals surface area contributed by atoms with Crippen LogP contribution in [0.5, 0.6) is 5.75 Å². The molecule has 0 bridgehead atoms. The first-order chi connectivity index (χ1) is 25.0. The first-order valence-electron chi connectivity index (χ1n) is 17.0. The maximum Gasteiger partial charge on any atom is 0.408 e. The van der Waals surface area contributed by atoms with Crippen LogP contribution in [0.25, 0.3) is 11.1 Å². The van der Waals surface area contributed by atoms with E-state index >= 15 is 0 Å². The largest absolute Gasteiger partial charge is 0.493 e. The monoisotopic (exact) mass is 730 g/mol. The summed E-state index contributed by atoms with van der Waals surface area (Å²) < 4.78 is 27.2. The molecule has 0 fully saturated rings. The molecule has 0 unspecified atom stereocenters. The van der Waals surface area contributed by atoms with E-state index in [9.17, 15) is 19.2 Å². The first kappa shape index (κ1) is 39.6. The molecule has 4 rings (SSSR count). The Labute approximate surface area is 309 Å². The normalized spacial score (nSPS) is 13.2. The zero-order chi connectivity index (χ0) is 37.5. The molecular weight excluding hydrogens is 685 g/mol. The highest BCUT2D eigenvalue weighted by molar-refractivity contribution is 7.99. The number of amides is 2. The molecule has 0 radical (unpaired) electrons. The number of ether oxygens (including phenoxy) is 5. The SMILES string of the molecule is C=CCOC(=O)N[C@@H](Cc1ccc(OCCSC[C@H](NC(=O)OCC2c3ccccc3-c3ccccc32)C(=O)OC(C)(C)C)cc1)C(=O)OC=CC. The van der Waals surface area contributed by atoms with Gasteiger partial charge < -0.3 is 34.3 Å². The van der Waals surface area contributed by atoms with E-state index in [0.29, 0.717) is 18.1 Å². The van der Waals surface area contributed by atoms with Crippen molar-refractivity contribution in [3.8, 4) is 16.9 Å². The lowest BCUT2D eigenvalue weighted by Crippen LogP contribution is -2.46. The number of fused-ring (bicyclic) bond motifs is 3. The molecule has 0 heterocycles. The first-order valence-corrected chi connectivity index (χ1v) is 18.1. The van der Waals surface area contributed by atoms with Crippen molar-refractivity contribution in [3.63, 3.8) is 0 Å². The zero-order valence-corrected chi connectivity index (χ0v) is 30.7. The van der Waals surface area contributed by atoms with E-state index < -0.39 is 41.8 Å². The van der Waals surface area contributed by atoms with Crippen LogP contribution >= 0.6 is 11.8 Å². The molecule has 276 valence electrons. The highest BCUT2D eigenvalue weighted by atomic mass is 32.2. The minimum atomic E-state index is -0.975. The molecule has 2 N–H and O–H groups in total. The molecule has 12 heteroatoms. The van der Waals surface area contributed by atoms with Gasteiger partial charge in [-0.2, -0.15) is 11.8 Å². The van der Waals surface area contributed by atoms with Crippen LogP contribution in [0.3, 0.4) is 0 Å². The number of carbonyl (C=O) groups excluding carboxylic acids is 4. The number of alkyl carbamates (subject to hydrolysis) is 2. The van der Waals surface area contributed by atoms with Crippen molar-refractivity contribution in [2.75, 3.05) is 31.3 Å². The number of allylic oxidation sites excluding steroid dienone is 1. The van der Waals surface area contributed by atoms with Crippen LogP contribution in [0.15, 0.2) is 97.8 Å². The van der Waals surface area contributed by atoms with Crippen LogP contribution in [-0.4, -0.2) is 73.1 Å². The number of esters is 2. The predicted molar refractivity (Wildman–Crippen MR) is 200 cm³/mol. The van der Waals surface area contributed by atoms with Gasteiger partial charge in [-0.05, 0) is 67.6 Å². The summed E-state index contributed by atoms with van der Waals surface area (Å²) in [6, 6.07) is 21.3. The Kier molecular flexibility index (Phi) is 14.8. The van der Waals surface area contributed by atoms with Crippen molar-refractivity contribution in [2.45, 2.75) is 57.7 Å². The fourth-order valence-corrected chi connectivity index (χ4v) is 6.25. The standard InChI is InChI=1S/C40H46N2O9S/c1-6-20-48-36(43)34(41-38(45)49-21-7-2)24-27-16-18-28(19-17-27)47-22-23-52-26-35(37(44)51-40(3,4)5)42-39(46)50-25-33-31-14-10-8-12-29(31)30-13-9-11-15-32(30)33/h6-20,33-35H,2,21-26H2,1,3-5H3,(H,41,45)(H,42,46)/t34-,35-/m0/s1. The van der Waals surface area contributed by atoms with Crippen molar-refractivity contribution in [3.05, 3.63) is 114 Å². The van der Waals surface area contributed by atoms with Crippen LogP contribution in [0.4, 0.5) is 9.59 Å². The van der Waals surface area contributed by atoms with Crippen LogP contribution in [-0.2, 0) is 35.0 Å². The van der Waals surface area contributed by atoms with Gasteiger partial charge in [-0.25, -0.2) is 19.2 Å². The van der Waals surface area contributed by atoms with E-state index in [1.165, 1.54) is 24.1 Å². The van der Waals surface area contributed by atoms with Crippen LogP contribution < -0.4 is 15.4 Å². The second-order valence-corrected chi connectivity index (χ2v) is 14.0. The lowest BCUT2D eigenvalue weighted by Gasteiger charge is -2.24. The van der Waals surface area contributed by atoms with Crippen molar-refractivity contribution >= 4 is 35.9 Å². The summed E-state index contributed by atoms with van der Waals surface area (Å²) in [7, 11) is 0. The van der Waals surface area contributed by atoms with E-state index in [2.05, 4.69) is 29.3 Å². The van der Waals surface area contributed by atoms with Crippen LogP contribution in [0.2, 0.25) is 0 Å². The summed E-state index contributed by atoms with van der Waals surface area (Å²) in [5.74, 6) is 0.0568. The molecule has 0 saturated heterocycles. The number of carbonyl (C=O) groups is 4. The van der Waals surface area contributed by atoms with Gasteiger partial charge in [0, 0.05) is 23.8 Å². The topological polar surface area (TPSA) is 138 Å². The number of rotatable bonds is 17. The maximum absolute atomic E-state index is 13.1. The minimum Gasteiger partial charge on any atom is -0.493 e. The Hall–Kier alpha value is -5.23. The van der Waals surface area contributed by atoms with Gasteiger partial charge in [-0.15, -0.1) is 0 Å². The molecule has 11 nitrogen and oxygen atoms in total. The highest BCUT2D eigenvalue weighted by Crippen LogP contribution is 2.44. The number of nitrogens with one attached hydrogen (secondary N) is 2. The molecule has 1 aliphatic carbocycles. The Morgan fingerprint density at radius 3 is 2.08 bits per heavy atom. The van der Waals surface area contributed by atoms with E-state index in [0.717, 1.165) is 27.8 Å². The summed E-state index contributed by atoms with van der Waals surface area (Å²) in [6.45, 7) is 11.0. The Morgan fingerprint density at radius 2 is 1.46 bits per heavy atom. The van der Waals surface area contributed by atoms with Gasteiger partial charge >= 0.3 is 24.1 Å². The van der Waals surface area contributed by atoms with E-state index in [1.54, 1.807) is 58.0 Å². The molecule has 52 heavy (non-hydrogen) atoms. The summed E-state index contributed by atoms with van der Waals surface area (Å²) in [5, 5.41) is 5.23. The third-order valence-corrected chi connectivity index (χ3v) is 8.72. The number of benzene rings is 3. The van der Waals surface area contributed by atoms with Crippen molar-refractivity contribution < 1.29 is 42.9 Å². The van der Waals surface area contributed by atoms with Gasteiger partial charge in [0.2, 0.25) is 0 Å². The van der Waals surface area contributed by atoms with Crippen molar-refractivity contribution in [1.82, 2.24) is 10.6 Å². The van der Waals surface area contributed by atoms with Gasteiger partial charge in [0.25, 0.3) is 0 Å². The van der Waals surface area contributed by atoms with Gasteiger partial charge in [-0.3, -0.25) is 0 Å². The summed E-state index contributed by atoms with van der Waals surface area (Å²) in [6.07, 6.45) is 2.94. The average molecular weight is 731 g/mol. The number of thioether (sulfide) groups is 1. The van der Waals surface area contributed by atoms with Crippen LogP contribution in [0, 0.1) is 0 Å². The molecule has 2 atom stereocenters. The van der Waals surface area contributed by atoms with Gasteiger partial charge in [-0.1, -0.05) is 79.4 Å². The van der Waals surface area contributed by atoms with Gasteiger partial charge in [0.05, 0.1) is 12.9 Å². The molecule has 3 aromatic carbocycles. The second-order valence-electron chi connectivity index (χ2n) is 12.8. The molecule has 2 amide bonds. The molecular formula is C40H46N2O9S. The fourth-order valence-electron chi connectivity index (χ4n) is 5.43. The molecule has 3 aromatic rings. The molecule has 0 saturated carbocycles. The van der Waals surface area contributed by atoms with E-state index in [4.69, 9.17) is 23.7 Å². The second kappa shape index (κ2) is 19.4. The van der Waals surface area contributed by atoms with Gasteiger partial charge in [0.15, 0.2) is 0 Å². The molecule has 0 aliphatic heterocycles. The third-order valence-electron chi connectivity index (χ3n) is 7.70. The van der Waals surface area contributed by atoms with Crippen molar-refractivity contribution in [1.29, 1.82) is 0 Å². The Bertz CT molecular complexity index is 1670. The quantitative estimate of drug-likeness (QED) is 0.0494. The fraction of sp³-hybridized carbons (Fsp3) is 0.350. The smallest absolute Gasteiger partial charge is 0.408 e. The Morgan fingerprint density at radius 1 is 0.846 bits per heavy atom. The predicted octanol–water partition coefficient (Wildman–Crippen LogP) is 6.95. The zero-order valence-electron chi connectivity index (χ0n) is 29.9. The average Bonchev–Trinajstić information content (AvgIpc) is 3.44. The Balaban J connectivity index is 1.27. The number of hydrogen-bond acceptors (Lipinski definition) is 10. The third kappa shape index (κ3) is 11.9. The molecule has 1 aliphatic rings. The summed E-state index contributed by atoms with van der Waals surface area (Å²) in [4.78, 5) is 50.7. The van der Waals surface area contributed by atoms with Gasteiger partial charge in [0.1, 0.15) is 36.6 Å². The lowest BCUT2D eigenvalue weighted by molar-refractivity contribution is -0.156. The van der Waals surface area contributed by atoms with Crippen molar-refractivity contribution in [2.24, 2.45) is 0 Å². The highest BCUT2D eigenvalue weighted by Gasteiger charge is 2.31. The lowest BCUT2D eigenvalue weighted by atomic mass is 9.98. The maximum atomic E-state index is 13.1. The van der Waals surface area contributed by atoms with Crippen LogP contribution in [0.1, 0.15) is 50.3 Å². The summed E-state index contributed by atoms with van der Waals surface area (Å²) in [5.41, 5.74) is 4.46. The molecule has 0 spiro atoms.